The van der Waals surface area contributed by atoms with Crippen LogP contribution in [0.4, 0.5) is 0 Å². The van der Waals surface area contributed by atoms with E-state index in [4.69, 9.17) is 0 Å². The van der Waals surface area contributed by atoms with Crippen LogP contribution in [0.1, 0.15) is 17.5 Å². The van der Waals surface area contributed by atoms with E-state index in [-0.39, 0.29) is 0 Å². The van der Waals surface area contributed by atoms with Gasteiger partial charge in [0.2, 0.25) is 0 Å². The number of aryl methyl sites for hydroxylation is 2. The summed E-state index contributed by atoms with van der Waals surface area (Å²) in [5.74, 6) is 0. The van der Waals surface area contributed by atoms with Gasteiger partial charge < -0.3 is 4.57 Å². The molecule has 1 nitrogen and oxygen atoms in total. The smallest absolute Gasteiger partial charge is 0.0635 e. The average Bonchev–Trinajstić information content (AvgIpc) is 3.41. The third-order valence-corrected chi connectivity index (χ3v) is 6.55. The minimum atomic E-state index is 1.22. The van der Waals surface area contributed by atoms with Gasteiger partial charge >= 0.3 is 0 Å². The molecule has 4 aromatic rings. The standard InChI is InChI=1S/C21H17NS2/c1-4-15-8-9-17(14-16(15)5-1)22-18(20-6-2-12-23-20)10-11-19(22)21-7-3-13-24-21/h2-3,6-14H,1,4-5H2. The molecule has 0 aliphatic heterocycles. The van der Waals surface area contributed by atoms with Crippen molar-refractivity contribution < 1.29 is 0 Å². The van der Waals surface area contributed by atoms with Crippen LogP contribution < -0.4 is 0 Å². The summed E-state index contributed by atoms with van der Waals surface area (Å²) in [6.07, 6.45) is 3.74. The highest BCUT2D eigenvalue weighted by Gasteiger charge is 2.17. The molecule has 0 spiro atoms. The lowest BCUT2D eigenvalue weighted by atomic mass is 10.1. The zero-order valence-electron chi connectivity index (χ0n) is 13.2. The van der Waals surface area contributed by atoms with Crippen molar-refractivity contribution in [3.8, 4) is 26.8 Å². The van der Waals surface area contributed by atoms with Crippen molar-refractivity contribution in [2.45, 2.75) is 19.3 Å². The number of nitrogens with zero attached hydrogens (tertiary/aromatic N) is 1. The van der Waals surface area contributed by atoms with Crippen molar-refractivity contribution in [3.63, 3.8) is 0 Å². The largest absolute Gasteiger partial charge is 0.308 e. The van der Waals surface area contributed by atoms with Gasteiger partial charge in [-0.15, -0.1) is 22.7 Å². The SMILES string of the molecule is c1csc(-c2ccc(-c3cccs3)n2-c2ccc3c(c2)CCC3)c1. The number of aromatic nitrogens is 1. The number of thiophene rings is 2. The van der Waals surface area contributed by atoms with Gasteiger partial charge in [-0.1, -0.05) is 18.2 Å². The number of hydrogen-bond donors (Lipinski definition) is 0. The second kappa shape index (κ2) is 5.76. The highest BCUT2D eigenvalue weighted by atomic mass is 32.1. The fourth-order valence-corrected chi connectivity index (χ4v) is 5.13. The van der Waals surface area contributed by atoms with E-state index in [1.165, 1.54) is 57.2 Å². The fraction of sp³-hybridized carbons (Fsp3) is 0.143. The van der Waals surface area contributed by atoms with Gasteiger partial charge in [0.1, 0.15) is 0 Å². The Morgan fingerprint density at radius 1 is 0.708 bits per heavy atom. The summed E-state index contributed by atoms with van der Waals surface area (Å²) in [7, 11) is 0. The summed E-state index contributed by atoms with van der Waals surface area (Å²) in [4.78, 5) is 2.64. The van der Waals surface area contributed by atoms with Crippen LogP contribution in [-0.4, -0.2) is 4.57 Å². The number of benzene rings is 1. The molecule has 0 bridgehead atoms. The summed E-state index contributed by atoms with van der Waals surface area (Å²) < 4.78 is 2.43. The maximum atomic E-state index is 2.43. The van der Waals surface area contributed by atoms with Crippen LogP contribution in [0.2, 0.25) is 0 Å². The number of hydrogen-bond acceptors (Lipinski definition) is 2. The molecule has 118 valence electrons. The van der Waals surface area contributed by atoms with E-state index in [9.17, 15) is 0 Å². The molecule has 1 aliphatic rings. The van der Waals surface area contributed by atoms with Crippen molar-refractivity contribution >= 4 is 22.7 Å². The van der Waals surface area contributed by atoms with Gasteiger partial charge in [0.25, 0.3) is 0 Å². The Morgan fingerprint density at radius 2 is 1.38 bits per heavy atom. The number of fused-ring (bicyclic) bond motifs is 1. The minimum absolute atomic E-state index is 1.22. The van der Waals surface area contributed by atoms with E-state index in [2.05, 4.69) is 69.9 Å². The molecule has 0 amide bonds. The molecule has 0 radical (unpaired) electrons. The topological polar surface area (TPSA) is 4.93 Å². The first-order chi connectivity index (χ1) is 11.9. The van der Waals surface area contributed by atoms with Crippen LogP contribution in [0.25, 0.3) is 26.8 Å². The second-order valence-corrected chi connectivity index (χ2v) is 8.10. The van der Waals surface area contributed by atoms with E-state index >= 15 is 0 Å². The molecule has 5 rings (SSSR count). The Hall–Kier alpha value is -2.10. The van der Waals surface area contributed by atoms with Crippen molar-refractivity contribution in [1.29, 1.82) is 0 Å². The summed E-state index contributed by atoms with van der Waals surface area (Å²) in [6.45, 7) is 0. The maximum Gasteiger partial charge on any atom is 0.0635 e. The van der Waals surface area contributed by atoms with Gasteiger partial charge in [-0.05, 0) is 77.5 Å². The predicted molar refractivity (Wildman–Crippen MR) is 104 cm³/mol. The maximum absolute atomic E-state index is 2.43. The van der Waals surface area contributed by atoms with E-state index in [1.54, 1.807) is 22.7 Å². The van der Waals surface area contributed by atoms with Gasteiger partial charge in [-0.25, -0.2) is 0 Å². The van der Waals surface area contributed by atoms with Gasteiger partial charge in [-0.2, -0.15) is 0 Å². The quantitative estimate of drug-likeness (QED) is 0.403. The lowest BCUT2D eigenvalue weighted by Gasteiger charge is -2.14. The Balaban J connectivity index is 1.75. The van der Waals surface area contributed by atoms with Gasteiger partial charge in [-0.3, -0.25) is 0 Å². The first-order valence-electron chi connectivity index (χ1n) is 8.32. The molecule has 1 aliphatic carbocycles. The third-order valence-electron chi connectivity index (χ3n) is 4.77. The zero-order chi connectivity index (χ0) is 15.9. The monoisotopic (exact) mass is 347 g/mol. The fourth-order valence-electron chi connectivity index (χ4n) is 3.65. The molecule has 24 heavy (non-hydrogen) atoms. The van der Waals surface area contributed by atoms with Crippen LogP contribution in [-0.2, 0) is 12.8 Å². The normalized spacial score (nSPS) is 13.3. The molecule has 0 atom stereocenters. The van der Waals surface area contributed by atoms with E-state index in [0.29, 0.717) is 0 Å². The average molecular weight is 348 g/mol. The first kappa shape index (κ1) is 14.3. The molecule has 3 heterocycles. The summed E-state index contributed by atoms with van der Waals surface area (Å²) >= 11 is 3.61. The zero-order valence-corrected chi connectivity index (χ0v) is 14.9. The van der Waals surface area contributed by atoms with Crippen LogP contribution >= 0.6 is 22.7 Å². The van der Waals surface area contributed by atoms with E-state index in [1.807, 2.05) is 0 Å². The van der Waals surface area contributed by atoms with Crippen LogP contribution in [0.5, 0.6) is 0 Å². The molecule has 1 aromatic carbocycles. The van der Waals surface area contributed by atoms with Crippen LogP contribution in [0, 0.1) is 0 Å². The molecule has 0 saturated heterocycles. The second-order valence-electron chi connectivity index (χ2n) is 6.20. The third kappa shape index (κ3) is 2.27. The van der Waals surface area contributed by atoms with Crippen molar-refractivity contribution in [2.24, 2.45) is 0 Å². The van der Waals surface area contributed by atoms with E-state index < -0.39 is 0 Å². The van der Waals surface area contributed by atoms with Crippen LogP contribution in [0.15, 0.2) is 65.4 Å². The van der Waals surface area contributed by atoms with Gasteiger partial charge in [0.15, 0.2) is 0 Å². The molecule has 0 fully saturated rings. The summed E-state index contributed by atoms with van der Waals surface area (Å²) in [6, 6.07) is 20.2. The lowest BCUT2D eigenvalue weighted by molar-refractivity contribution is 0.911. The Kier molecular flexibility index (Phi) is 3.42. The summed E-state index contributed by atoms with van der Waals surface area (Å²) in [5, 5.41) is 4.31. The highest BCUT2D eigenvalue weighted by molar-refractivity contribution is 7.14. The van der Waals surface area contributed by atoms with Crippen LogP contribution in [0.3, 0.4) is 0 Å². The van der Waals surface area contributed by atoms with Crippen molar-refractivity contribution in [3.05, 3.63) is 76.5 Å². The Bertz CT molecular complexity index is 923. The molecular weight excluding hydrogens is 330 g/mol. The molecular formula is C21H17NS2. The Labute approximate surface area is 149 Å². The van der Waals surface area contributed by atoms with Crippen molar-refractivity contribution in [2.75, 3.05) is 0 Å². The first-order valence-corrected chi connectivity index (χ1v) is 10.1. The lowest BCUT2D eigenvalue weighted by Crippen LogP contribution is -1.99. The highest BCUT2D eigenvalue weighted by Crippen LogP contribution is 2.37. The van der Waals surface area contributed by atoms with Gasteiger partial charge in [0.05, 0.1) is 21.1 Å². The van der Waals surface area contributed by atoms with E-state index in [0.717, 1.165) is 0 Å². The Morgan fingerprint density at radius 3 is 2.00 bits per heavy atom. The summed E-state index contributed by atoms with van der Waals surface area (Å²) in [5.41, 5.74) is 6.90. The number of rotatable bonds is 3. The molecule has 3 aromatic heterocycles. The minimum Gasteiger partial charge on any atom is -0.308 e. The molecule has 0 unspecified atom stereocenters. The molecule has 3 heteroatoms. The van der Waals surface area contributed by atoms with Crippen molar-refractivity contribution in [1.82, 2.24) is 4.57 Å². The molecule has 0 N–H and O–H groups in total. The predicted octanol–water partition coefficient (Wildman–Crippen LogP) is 6.42. The van der Waals surface area contributed by atoms with Gasteiger partial charge in [0, 0.05) is 5.69 Å². The molecule has 0 saturated carbocycles.